The van der Waals surface area contributed by atoms with Crippen molar-refractivity contribution in [1.82, 2.24) is 0 Å². The fourth-order valence-corrected chi connectivity index (χ4v) is 1.43. The van der Waals surface area contributed by atoms with Crippen LogP contribution in [0.15, 0.2) is 12.3 Å². The van der Waals surface area contributed by atoms with E-state index in [9.17, 15) is 0 Å². The van der Waals surface area contributed by atoms with Gasteiger partial charge in [0.25, 0.3) is 0 Å². The van der Waals surface area contributed by atoms with Gasteiger partial charge in [0.2, 0.25) is 0 Å². The van der Waals surface area contributed by atoms with E-state index in [1.807, 2.05) is 6.92 Å². The summed E-state index contributed by atoms with van der Waals surface area (Å²) in [6.07, 6.45) is 6.17. The number of allylic oxidation sites excluding steroid dienone is 1. The van der Waals surface area contributed by atoms with Crippen LogP contribution in [-0.4, -0.2) is 6.61 Å². The van der Waals surface area contributed by atoms with E-state index >= 15 is 0 Å². The van der Waals surface area contributed by atoms with Crippen LogP contribution in [0, 0.1) is 5.41 Å². The lowest BCUT2D eigenvalue weighted by molar-refractivity contribution is 0.217. The molecule has 14 heavy (non-hydrogen) atoms. The van der Waals surface area contributed by atoms with E-state index in [1.54, 1.807) is 0 Å². The van der Waals surface area contributed by atoms with Crippen molar-refractivity contribution in [3.63, 3.8) is 0 Å². The van der Waals surface area contributed by atoms with Crippen molar-refractivity contribution in [2.24, 2.45) is 5.41 Å². The van der Waals surface area contributed by atoms with Crippen molar-refractivity contribution >= 4 is 0 Å². The summed E-state index contributed by atoms with van der Waals surface area (Å²) in [5.74, 6) is 0.947. The molecule has 0 aromatic carbocycles. The minimum Gasteiger partial charge on any atom is -0.499 e. The van der Waals surface area contributed by atoms with Gasteiger partial charge in [-0.2, -0.15) is 0 Å². The summed E-state index contributed by atoms with van der Waals surface area (Å²) in [7, 11) is 0. The minimum absolute atomic E-state index is 0.483. The highest BCUT2D eigenvalue weighted by Crippen LogP contribution is 2.22. The molecule has 0 unspecified atom stereocenters. The summed E-state index contributed by atoms with van der Waals surface area (Å²) in [6, 6.07) is 0. The lowest BCUT2D eigenvalue weighted by atomic mass is 9.89. The van der Waals surface area contributed by atoms with Gasteiger partial charge in [-0.25, -0.2) is 0 Å². The molecule has 0 aromatic heterocycles. The van der Waals surface area contributed by atoms with Crippen LogP contribution in [0.3, 0.4) is 0 Å². The molecule has 0 amide bonds. The van der Waals surface area contributed by atoms with Crippen molar-refractivity contribution in [2.45, 2.75) is 59.8 Å². The van der Waals surface area contributed by atoms with Crippen LogP contribution in [0.25, 0.3) is 0 Å². The minimum atomic E-state index is 0.483. The van der Waals surface area contributed by atoms with E-state index < -0.39 is 0 Å². The molecule has 0 aliphatic rings. The smallest absolute Gasteiger partial charge is 0.0888 e. The van der Waals surface area contributed by atoms with E-state index in [2.05, 4.69) is 27.4 Å². The highest BCUT2D eigenvalue weighted by molar-refractivity contribution is 4.81. The van der Waals surface area contributed by atoms with Crippen LogP contribution in [0.5, 0.6) is 0 Å². The molecule has 0 aliphatic carbocycles. The SMILES string of the molecule is C=C(CCCCCC(C)(C)C)OCC. The Kier molecular flexibility index (Phi) is 6.69. The highest BCUT2D eigenvalue weighted by Gasteiger charge is 2.08. The molecule has 0 aromatic rings. The normalized spacial score (nSPS) is 11.4. The molecule has 1 heteroatoms. The summed E-state index contributed by atoms with van der Waals surface area (Å²) >= 11 is 0. The fraction of sp³-hybridized carbons (Fsp3) is 0.846. The molecule has 0 atom stereocenters. The van der Waals surface area contributed by atoms with Gasteiger partial charge < -0.3 is 4.74 Å². The second-order valence-corrected chi connectivity index (χ2v) is 5.09. The largest absolute Gasteiger partial charge is 0.499 e. The van der Waals surface area contributed by atoms with Crippen LogP contribution in [-0.2, 0) is 4.74 Å². The Morgan fingerprint density at radius 3 is 2.29 bits per heavy atom. The van der Waals surface area contributed by atoms with Crippen LogP contribution in [0.1, 0.15) is 59.8 Å². The first-order valence-corrected chi connectivity index (χ1v) is 5.76. The number of hydrogen-bond donors (Lipinski definition) is 0. The van der Waals surface area contributed by atoms with Crippen LogP contribution >= 0.6 is 0 Å². The third-order valence-corrected chi connectivity index (χ3v) is 2.23. The highest BCUT2D eigenvalue weighted by atomic mass is 16.5. The molecule has 0 N–H and O–H groups in total. The van der Waals surface area contributed by atoms with Crippen LogP contribution in [0.4, 0.5) is 0 Å². The van der Waals surface area contributed by atoms with Gasteiger partial charge in [0.1, 0.15) is 0 Å². The molecular formula is C13H26O. The van der Waals surface area contributed by atoms with E-state index in [0.29, 0.717) is 5.41 Å². The van der Waals surface area contributed by atoms with Gasteiger partial charge in [0, 0.05) is 6.42 Å². The van der Waals surface area contributed by atoms with Gasteiger partial charge in [-0.05, 0) is 25.2 Å². The molecule has 0 aliphatic heterocycles. The van der Waals surface area contributed by atoms with Crippen LogP contribution < -0.4 is 0 Å². The summed E-state index contributed by atoms with van der Waals surface area (Å²) in [5.41, 5.74) is 0.483. The van der Waals surface area contributed by atoms with Crippen molar-refractivity contribution in [3.8, 4) is 0 Å². The molecule has 0 spiro atoms. The summed E-state index contributed by atoms with van der Waals surface area (Å²) < 4.78 is 5.29. The zero-order valence-electron chi connectivity index (χ0n) is 10.4. The standard InChI is InChI=1S/C13H26O/c1-6-14-12(2)10-8-7-9-11-13(3,4)5/h2,6-11H2,1,3-5H3. The van der Waals surface area contributed by atoms with Gasteiger partial charge in [0.05, 0.1) is 12.4 Å². The average Bonchev–Trinajstić information content (AvgIpc) is 2.02. The molecule has 0 fully saturated rings. The maximum absolute atomic E-state index is 5.29. The fourth-order valence-electron chi connectivity index (χ4n) is 1.43. The maximum atomic E-state index is 5.29. The van der Waals surface area contributed by atoms with Gasteiger partial charge in [-0.1, -0.05) is 40.2 Å². The van der Waals surface area contributed by atoms with E-state index in [0.717, 1.165) is 18.8 Å². The number of ether oxygens (including phenoxy) is 1. The Morgan fingerprint density at radius 2 is 1.79 bits per heavy atom. The molecule has 1 nitrogen and oxygen atoms in total. The van der Waals surface area contributed by atoms with Gasteiger partial charge >= 0.3 is 0 Å². The summed E-state index contributed by atoms with van der Waals surface area (Å²) in [6.45, 7) is 13.5. The quantitative estimate of drug-likeness (QED) is 0.431. The molecule has 0 saturated carbocycles. The third kappa shape index (κ3) is 9.63. The first-order valence-electron chi connectivity index (χ1n) is 5.76. The van der Waals surface area contributed by atoms with Gasteiger partial charge in [-0.15, -0.1) is 0 Å². The predicted octanol–water partition coefficient (Wildman–Crippen LogP) is 4.53. The average molecular weight is 198 g/mol. The van der Waals surface area contributed by atoms with Crippen molar-refractivity contribution in [2.75, 3.05) is 6.61 Å². The predicted molar refractivity (Wildman–Crippen MR) is 63.3 cm³/mol. The van der Waals surface area contributed by atoms with Gasteiger partial charge in [-0.3, -0.25) is 0 Å². The van der Waals surface area contributed by atoms with Gasteiger partial charge in [0.15, 0.2) is 0 Å². The lowest BCUT2D eigenvalue weighted by Gasteiger charge is -2.17. The zero-order valence-corrected chi connectivity index (χ0v) is 10.4. The second-order valence-electron chi connectivity index (χ2n) is 5.09. The molecule has 0 heterocycles. The first-order chi connectivity index (χ1) is 6.45. The molecule has 0 radical (unpaired) electrons. The number of hydrogen-bond acceptors (Lipinski definition) is 1. The van der Waals surface area contributed by atoms with E-state index in [4.69, 9.17) is 4.74 Å². The number of rotatable bonds is 7. The monoisotopic (exact) mass is 198 g/mol. The van der Waals surface area contributed by atoms with E-state index in [-0.39, 0.29) is 0 Å². The Hall–Kier alpha value is -0.460. The molecule has 0 rings (SSSR count). The third-order valence-electron chi connectivity index (χ3n) is 2.23. The Bertz CT molecular complexity index is 153. The first kappa shape index (κ1) is 13.5. The Morgan fingerprint density at radius 1 is 1.14 bits per heavy atom. The van der Waals surface area contributed by atoms with Crippen molar-refractivity contribution < 1.29 is 4.74 Å². The molecule has 0 saturated heterocycles. The molecule has 84 valence electrons. The summed E-state index contributed by atoms with van der Waals surface area (Å²) in [5, 5.41) is 0. The zero-order chi connectivity index (χ0) is 11.0. The summed E-state index contributed by atoms with van der Waals surface area (Å²) in [4.78, 5) is 0. The lowest BCUT2D eigenvalue weighted by Crippen LogP contribution is -2.03. The topological polar surface area (TPSA) is 9.23 Å². The van der Waals surface area contributed by atoms with Crippen molar-refractivity contribution in [3.05, 3.63) is 12.3 Å². The second kappa shape index (κ2) is 6.92. The van der Waals surface area contributed by atoms with Crippen LogP contribution in [0.2, 0.25) is 0 Å². The number of unbranched alkanes of at least 4 members (excludes halogenated alkanes) is 2. The molecule has 0 bridgehead atoms. The Balaban J connectivity index is 3.26. The maximum Gasteiger partial charge on any atom is 0.0888 e. The van der Waals surface area contributed by atoms with Crippen molar-refractivity contribution in [1.29, 1.82) is 0 Å². The molecular weight excluding hydrogens is 172 g/mol. The Labute approximate surface area is 89.5 Å². The van der Waals surface area contributed by atoms with E-state index in [1.165, 1.54) is 25.7 Å².